The second-order valence-electron chi connectivity index (χ2n) is 5.71. The monoisotopic (exact) mass is 249 g/mol. The fraction of sp³-hybridized carbons (Fsp3) is 0.733. The van der Waals surface area contributed by atoms with Crippen LogP contribution in [0.15, 0.2) is 18.3 Å². The number of nitrogens with one attached hydrogen (secondary N) is 1. The Morgan fingerprint density at radius 2 is 2.06 bits per heavy atom. The molecule has 0 aliphatic carbocycles. The SMILES string of the molecule is CC(CNCc1cccn1C)CN1CCCCC1. The van der Waals surface area contributed by atoms with Crippen LogP contribution >= 0.6 is 0 Å². The lowest BCUT2D eigenvalue weighted by Gasteiger charge is -2.29. The van der Waals surface area contributed by atoms with Gasteiger partial charge >= 0.3 is 0 Å². The molecule has 3 heteroatoms. The summed E-state index contributed by atoms with van der Waals surface area (Å²) in [7, 11) is 2.11. The van der Waals surface area contributed by atoms with Crippen LogP contribution in [0.3, 0.4) is 0 Å². The van der Waals surface area contributed by atoms with E-state index in [0.29, 0.717) is 0 Å². The van der Waals surface area contributed by atoms with E-state index in [1.807, 2.05) is 0 Å². The quantitative estimate of drug-likeness (QED) is 0.834. The second-order valence-corrected chi connectivity index (χ2v) is 5.71. The minimum Gasteiger partial charge on any atom is -0.353 e. The predicted molar refractivity (Wildman–Crippen MR) is 76.6 cm³/mol. The van der Waals surface area contributed by atoms with Gasteiger partial charge in [-0.25, -0.2) is 0 Å². The molecule has 1 N–H and O–H groups in total. The minimum atomic E-state index is 0.739. The summed E-state index contributed by atoms with van der Waals surface area (Å²) in [4.78, 5) is 2.62. The fourth-order valence-corrected chi connectivity index (χ4v) is 2.77. The number of aryl methyl sites for hydroxylation is 1. The van der Waals surface area contributed by atoms with Gasteiger partial charge in [0.25, 0.3) is 0 Å². The van der Waals surface area contributed by atoms with Gasteiger partial charge in [-0.05, 0) is 50.5 Å². The molecule has 0 bridgehead atoms. The summed E-state index contributed by atoms with van der Waals surface area (Å²) in [5.41, 5.74) is 1.36. The highest BCUT2D eigenvalue weighted by atomic mass is 15.1. The zero-order valence-electron chi connectivity index (χ0n) is 11.9. The number of piperidine rings is 1. The molecule has 1 saturated heterocycles. The van der Waals surface area contributed by atoms with Crippen molar-refractivity contribution in [3.63, 3.8) is 0 Å². The van der Waals surface area contributed by atoms with Gasteiger partial charge in [0.1, 0.15) is 0 Å². The van der Waals surface area contributed by atoms with Crippen molar-refractivity contribution in [2.24, 2.45) is 13.0 Å². The fourth-order valence-electron chi connectivity index (χ4n) is 2.77. The minimum absolute atomic E-state index is 0.739. The maximum Gasteiger partial charge on any atom is 0.0359 e. The number of aromatic nitrogens is 1. The van der Waals surface area contributed by atoms with E-state index in [1.165, 1.54) is 44.6 Å². The Hall–Kier alpha value is -0.800. The van der Waals surface area contributed by atoms with Gasteiger partial charge in [0.15, 0.2) is 0 Å². The molecule has 0 aromatic carbocycles. The van der Waals surface area contributed by atoms with E-state index in [4.69, 9.17) is 0 Å². The van der Waals surface area contributed by atoms with Gasteiger partial charge in [-0.3, -0.25) is 0 Å². The third-order valence-electron chi connectivity index (χ3n) is 3.87. The Bertz CT molecular complexity index is 339. The van der Waals surface area contributed by atoms with Crippen LogP contribution in [0.4, 0.5) is 0 Å². The van der Waals surface area contributed by atoms with Crippen LogP contribution in [0, 0.1) is 5.92 Å². The Labute approximate surface area is 111 Å². The first-order valence-electron chi connectivity index (χ1n) is 7.29. The molecule has 18 heavy (non-hydrogen) atoms. The van der Waals surface area contributed by atoms with Crippen molar-refractivity contribution in [1.82, 2.24) is 14.8 Å². The lowest BCUT2D eigenvalue weighted by Crippen LogP contribution is -2.36. The molecule has 1 atom stereocenters. The van der Waals surface area contributed by atoms with E-state index < -0.39 is 0 Å². The van der Waals surface area contributed by atoms with E-state index in [0.717, 1.165) is 19.0 Å². The Morgan fingerprint density at radius 1 is 1.28 bits per heavy atom. The van der Waals surface area contributed by atoms with Crippen LogP contribution in [-0.4, -0.2) is 35.6 Å². The molecule has 2 heterocycles. The molecular formula is C15H27N3. The maximum absolute atomic E-state index is 3.57. The van der Waals surface area contributed by atoms with Crippen molar-refractivity contribution in [3.8, 4) is 0 Å². The summed E-state index contributed by atoms with van der Waals surface area (Å²) in [6.45, 7) is 8.31. The highest BCUT2D eigenvalue weighted by Crippen LogP contribution is 2.10. The lowest BCUT2D eigenvalue weighted by atomic mass is 10.1. The van der Waals surface area contributed by atoms with Crippen LogP contribution in [0.2, 0.25) is 0 Å². The lowest BCUT2D eigenvalue weighted by molar-refractivity contribution is 0.199. The van der Waals surface area contributed by atoms with E-state index in [2.05, 4.69) is 47.1 Å². The largest absolute Gasteiger partial charge is 0.353 e. The van der Waals surface area contributed by atoms with Gasteiger partial charge in [0, 0.05) is 32.0 Å². The standard InChI is InChI=1S/C15H27N3/c1-14(13-18-9-4-3-5-10-18)11-16-12-15-7-6-8-17(15)2/h6-8,14,16H,3-5,9-13H2,1-2H3. The summed E-state index contributed by atoms with van der Waals surface area (Å²) in [6.07, 6.45) is 6.32. The van der Waals surface area contributed by atoms with E-state index in [-0.39, 0.29) is 0 Å². The van der Waals surface area contributed by atoms with Crippen molar-refractivity contribution in [3.05, 3.63) is 24.0 Å². The number of hydrogen-bond acceptors (Lipinski definition) is 2. The average Bonchev–Trinajstić information content (AvgIpc) is 2.76. The van der Waals surface area contributed by atoms with Gasteiger partial charge in [0.2, 0.25) is 0 Å². The normalized spacial score (nSPS) is 19.0. The molecule has 102 valence electrons. The first kappa shape index (κ1) is 13.6. The van der Waals surface area contributed by atoms with Crippen LogP contribution in [0.25, 0.3) is 0 Å². The Balaban J connectivity index is 1.62. The van der Waals surface area contributed by atoms with Crippen molar-refractivity contribution < 1.29 is 0 Å². The first-order chi connectivity index (χ1) is 8.75. The van der Waals surface area contributed by atoms with Crippen molar-refractivity contribution >= 4 is 0 Å². The van der Waals surface area contributed by atoms with Gasteiger partial charge < -0.3 is 14.8 Å². The molecule has 1 aliphatic rings. The van der Waals surface area contributed by atoms with Crippen molar-refractivity contribution in [2.75, 3.05) is 26.2 Å². The molecule has 1 aliphatic heterocycles. The van der Waals surface area contributed by atoms with E-state index in [1.54, 1.807) is 0 Å². The zero-order valence-corrected chi connectivity index (χ0v) is 11.9. The van der Waals surface area contributed by atoms with Crippen molar-refractivity contribution in [1.29, 1.82) is 0 Å². The number of rotatable bonds is 6. The molecule has 1 aromatic heterocycles. The summed E-state index contributed by atoms with van der Waals surface area (Å²) < 4.78 is 2.18. The van der Waals surface area contributed by atoms with Crippen LogP contribution in [-0.2, 0) is 13.6 Å². The highest BCUT2D eigenvalue weighted by molar-refractivity contribution is 5.05. The number of likely N-dealkylation sites (tertiary alicyclic amines) is 1. The highest BCUT2D eigenvalue weighted by Gasteiger charge is 2.13. The van der Waals surface area contributed by atoms with Gasteiger partial charge in [-0.15, -0.1) is 0 Å². The molecule has 1 fully saturated rings. The topological polar surface area (TPSA) is 20.2 Å². The number of hydrogen-bond donors (Lipinski definition) is 1. The molecular weight excluding hydrogens is 222 g/mol. The van der Waals surface area contributed by atoms with Gasteiger partial charge in [-0.2, -0.15) is 0 Å². The zero-order chi connectivity index (χ0) is 12.8. The Kier molecular flexibility index (Phi) is 5.26. The molecule has 0 saturated carbocycles. The van der Waals surface area contributed by atoms with Crippen LogP contribution < -0.4 is 5.32 Å². The first-order valence-corrected chi connectivity index (χ1v) is 7.29. The summed E-state index contributed by atoms with van der Waals surface area (Å²) in [6, 6.07) is 4.29. The molecule has 0 amide bonds. The van der Waals surface area contributed by atoms with Gasteiger partial charge in [-0.1, -0.05) is 13.3 Å². The van der Waals surface area contributed by atoms with E-state index in [9.17, 15) is 0 Å². The second kappa shape index (κ2) is 6.95. The predicted octanol–water partition coefficient (Wildman–Crippen LogP) is 2.24. The van der Waals surface area contributed by atoms with Crippen LogP contribution in [0.1, 0.15) is 31.9 Å². The molecule has 0 spiro atoms. The molecule has 3 nitrogen and oxygen atoms in total. The molecule has 1 unspecified atom stereocenters. The summed E-state index contributed by atoms with van der Waals surface area (Å²) >= 11 is 0. The molecule has 2 rings (SSSR count). The summed E-state index contributed by atoms with van der Waals surface area (Å²) in [5, 5.41) is 3.57. The van der Waals surface area contributed by atoms with Crippen molar-refractivity contribution in [2.45, 2.75) is 32.7 Å². The average molecular weight is 249 g/mol. The Morgan fingerprint density at radius 3 is 2.72 bits per heavy atom. The molecule has 0 radical (unpaired) electrons. The van der Waals surface area contributed by atoms with Gasteiger partial charge in [0.05, 0.1) is 0 Å². The third kappa shape index (κ3) is 4.14. The van der Waals surface area contributed by atoms with Crippen LogP contribution in [0.5, 0.6) is 0 Å². The molecule has 1 aromatic rings. The number of nitrogens with zero attached hydrogens (tertiary/aromatic N) is 2. The maximum atomic E-state index is 3.57. The smallest absolute Gasteiger partial charge is 0.0359 e. The third-order valence-corrected chi connectivity index (χ3v) is 3.87. The van der Waals surface area contributed by atoms with E-state index >= 15 is 0 Å². The summed E-state index contributed by atoms with van der Waals surface area (Å²) in [5.74, 6) is 0.739.